The van der Waals surface area contributed by atoms with Gasteiger partial charge in [-0.3, -0.25) is 4.79 Å². The molecule has 1 rings (SSSR count). The van der Waals surface area contributed by atoms with Crippen LogP contribution in [-0.4, -0.2) is 12.4 Å². The molecule has 1 unspecified atom stereocenters. The maximum atomic E-state index is 11.8. The van der Waals surface area contributed by atoms with E-state index < -0.39 is 0 Å². The van der Waals surface area contributed by atoms with Crippen molar-refractivity contribution in [2.75, 3.05) is 6.61 Å². The second kappa shape index (κ2) is 8.73. The molecule has 0 aliphatic heterocycles. The lowest BCUT2D eigenvalue weighted by Gasteiger charge is -2.07. The maximum Gasteiger partial charge on any atom is 0.163 e. The largest absolute Gasteiger partial charge is 0.494 e. The minimum atomic E-state index is 0.150. The number of rotatable bonds is 9. The molecular formula is C17H25O2. The molecular weight excluding hydrogens is 236 g/mol. The van der Waals surface area contributed by atoms with Gasteiger partial charge in [0.2, 0.25) is 0 Å². The van der Waals surface area contributed by atoms with Crippen molar-refractivity contribution in [3.05, 3.63) is 36.8 Å². The first kappa shape index (κ1) is 15.7. The third kappa shape index (κ3) is 6.42. The van der Waals surface area contributed by atoms with Gasteiger partial charge in [-0.15, -0.1) is 0 Å². The van der Waals surface area contributed by atoms with Crippen molar-refractivity contribution in [2.24, 2.45) is 5.92 Å². The fourth-order valence-corrected chi connectivity index (χ4v) is 1.89. The number of ether oxygens (including phenoxy) is 1. The van der Waals surface area contributed by atoms with E-state index in [0.717, 1.165) is 24.3 Å². The van der Waals surface area contributed by atoms with Gasteiger partial charge in [-0.25, -0.2) is 0 Å². The van der Waals surface area contributed by atoms with Gasteiger partial charge in [0.15, 0.2) is 5.78 Å². The Morgan fingerprint density at radius 2 is 1.89 bits per heavy atom. The minimum Gasteiger partial charge on any atom is -0.494 e. The standard InChI is InChI=1S/C17H25O2/c1-4-5-6-7-12-19-16-10-8-15(9-11-16)17(18)13-14(2)3/h8-11,14H,2,4-7,12-13H2,1,3H3. The van der Waals surface area contributed by atoms with E-state index in [4.69, 9.17) is 4.74 Å². The van der Waals surface area contributed by atoms with E-state index in [2.05, 4.69) is 13.8 Å². The van der Waals surface area contributed by atoms with Gasteiger partial charge in [0.25, 0.3) is 0 Å². The van der Waals surface area contributed by atoms with Crippen molar-refractivity contribution in [3.8, 4) is 5.75 Å². The second-order valence-corrected chi connectivity index (χ2v) is 5.17. The van der Waals surface area contributed by atoms with Gasteiger partial charge >= 0.3 is 0 Å². The molecule has 0 heterocycles. The van der Waals surface area contributed by atoms with E-state index in [9.17, 15) is 4.79 Å². The molecule has 19 heavy (non-hydrogen) atoms. The number of unbranched alkanes of at least 4 members (excludes halogenated alkanes) is 3. The molecule has 0 amide bonds. The molecule has 2 nitrogen and oxygen atoms in total. The predicted molar refractivity (Wildman–Crippen MR) is 79.5 cm³/mol. The lowest BCUT2D eigenvalue weighted by Crippen LogP contribution is -2.04. The summed E-state index contributed by atoms with van der Waals surface area (Å²) in [6, 6.07) is 7.43. The van der Waals surface area contributed by atoms with Crippen molar-refractivity contribution in [1.29, 1.82) is 0 Å². The molecule has 0 aromatic heterocycles. The molecule has 105 valence electrons. The Kier molecular flexibility index (Phi) is 7.24. The fraction of sp³-hybridized carbons (Fsp3) is 0.529. The summed E-state index contributed by atoms with van der Waals surface area (Å²) in [5, 5.41) is 0. The van der Waals surface area contributed by atoms with Crippen molar-refractivity contribution in [1.82, 2.24) is 0 Å². The molecule has 0 fully saturated rings. The van der Waals surface area contributed by atoms with E-state index in [1.807, 2.05) is 31.2 Å². The molecule has 0 aliphatic rings. The molecule has 0 spiro atoms. The zero-order valence-corrected chi connectivity index (χ0v) is 12.2. The highest BCUT2D eigenvalue weighted by molar-refractivity contribution is 5.96. The van der Waals surface area contributed by atoms with E-state index in [0.29, 0.717) is 6.42 Å². The zero-order valence-electron chi connectivity index (χ0n) is 12.2. The monoisotopic (exact) mass is 261 g/mol. The summed E-state index contributed by atoms with van der Waals surface area (Å²) in [7, 11) is 0. The summed E-state index contributed by atoms with van der Waals surface area (Å²) in [5.74, 6) is 1.15. The van der Waals surface area contributed by atoms with E-state index >= 15 is 0 Å². The van der Waals surface area contributed by atoms with Crippen LogP contribution in [0, 0.1) is 12.8 Å². The summed E-state index contributed by atoms with van der Waals surface area (Å²) in [4.78, 5) is 11.8. The van der Waals surface area contributed by atoms with Crippen LogP contribution in [-0.2, 0) is 0 Å². The molecule has 0 saturated carbocycles. The topological polar surface area (TPSA) is 26.3 Å². The normalized spacial score (nSPS) is 10.7. The molecule has 0 N–H and O–H groups in total. The first-order valence-electron chi connectivity index (χ1n) is 7.22. The first-order chi connectivity index (χ1) is 9.13. The number of benzene rings is 1. The summed E-state index contributed by atoms with van der Waals surface area (Å²) < 4.78 is 5.64. The Morgan fingerprint density at radius 3 is 2.47 bits per heavy atom. The number of Topliss-reactive ketones (excluding diaryl/α,β-unsaturated/α-hetero) is 1. The fourth-order valence-electron chi connectivity index (χ4n) is 1.89. The zero-order chi connectivity index (χ0) is 14.1. The van der Waals surface area contributed by atoms with Gasteiger partial charge in [-0.1, -0.05) is 40.0 Å². The van der Waals surface area contributed by atoms with Crippen LogP contribution in [0.15, 0.2) is 24.3 Å². The van der Waals surface area contributed by atoms with Crippen molar-refractivity contribution in [2.45, 2.75) is 46.0 Å². The predicted octanol–water partition coefficient (Wildman–Crippen LogP) is 4.69. The average Bonchev–Trinajstić information content (AvgIpc) is 2.38. The highest BCUT2D eigenvalue weighted by atomic mass is 16.5. The Morgan fingerprint density at radius 1 is 1.21 bits per heavy atom. The Hall–Kier alpha value is -1.31. The number of carbonyl (C=O) groups is 1. The Bertz CT molecular complexity index is 365. The van der Waals surface area contributed by atoms with E-state index in [-0.39, 0.29) is 11.7 Å². The van der Waals surface area contributed by atoms with Crippen LogP contribution in [0.1, 0.15) is 56.3 Å². The van der Waals surface area contributed by atoms with Crippen LogP contribution in [0.4, 0.5) is 0 Å². The van der Waals surface area contributed by atoms with Crippen molar-refractivity contribution in [3.63, 3.8) is 0 Å². The van der Waals surface area contributed by atoms with Gasteiger partial charge in [-0.05, 0) is 36.6 Å². The average molecular weight is 261 g/mol. The van der Waals surface area contributed by atoms with Gasteiger partial charge in [0.1, 0.15) is 5.75 Å². The summed E-state index contributed by atoms with van der Waals surface area (Å²) in [5.41, 5.74) is 0.744. The smallest absolute Gasteiger partial charge is 0.163 e. The summed E-state index contributed by atoms with van der Waals surface area (Å²) in [6.45, 7) is 8.74. The molecule has 1 aromatic rings. The Labute approximate surface area is 117 Å². The molecule has 0 aliphatic carbocycles. The summed E-state index contributed by atoms with van der Waals surface area (Å²) >= 11 is 0. The number of carbonyl (C=O) groups excluding carboxylic acids is 1. The summed E-state index contributed by atoms with van der Waals surface area (Å²) in [6.07, 6.45) is 5.31. The minimum absolute atomic E-state index is 0.150. The highest BCUT2D eigenvalue weighted by Gasteiger charge is 2.08. The van der Waals surface area contributed by atoms with Gasteiger partial charge in [0.05, 0.1) is 6.61 Å². The lowest BCUT2D eigenvalue weighted by atomic mass is 10.0. The maximum absolute atomic E-state index is 11.8. The first-order valence-corrected chi connectivity index (χ1v) is 7.22. The van der Waals surface area contributed by atoms with E-state index in [1.165, 1.54) is 19.3 Å². The third-order valence-electron chi connectivity index (χ3n) is 2.98. The third-order valence-corrected chi connectivity index (χ3v) is 2.98. The Balaban J connectivity index is 2.37. The van der Waals surface area contributed by atoms with E-state index in [1.54, 1.807) is 0 Å². The van der Waals surface area contributed by atoms with Crippen LogP contribution in [0.5, 0.6) is 5.75 Å². The molecule has 1 atom stereocenters. The van der Waals surface area contributed by atoms with Crippen LogP contribution >= 0.6 is 0 Å². The van der Waals surface area contributed by atoms with Crippen LogP contribution in [0.3, 0.4) is 0 Å². The van der Waals surface area contributed by atoms with Gasteiger partial charge in [-0.2, -0.15) is 0 Å². The van der Waals surface area contributed by atoms with Gasteiger partial charge in [0, 0.05) is 12.0 Å². The molecule has 0 bridgehead atoms. The second-order valence-electron chi connectivity index (χ2n) is 5.17. The molecule has 1 radical (unpaired) electrons. The van der Waals surface area contributed by atoms with Crippen LogP contribution in [0.2, 0.25) is 0 Å². The van der Waals surface area contributed by atoms with Crippen LogP contribution < -0.4 is 4.74 Å². The molecule has 1 aromatic carbocycles. The quantitative estimate of drug-likeness (QED) is 0.476. The molecule has 0 saturated heterocycles. The van der Waals surface area contributed by atoms with Gasteiger partial charge < -0.3 is 4.74 Å². The van der Waals surface area contributed by atoms with Crippen molar-refractivity contribution >= 4 is 5.78 Å². The molecule has 2 heteroatoms. The number of hydrogen-bond donors (Lipinski definition) is 0. The number of ketones is 1. The van der Waals surface area contributed by atoms with Crippen molar-refractivity contribution < 1.29 is 9.53 Å². The lowest BCUT2D eigenvalue weighted by molar-refractivity contribution is 0.0971. The van der Waals surface area contributed by atoms with Crippen LogP contribution in [0.25, 0.3) is 0 Å². The SMILES string of the molecule is [CH2]C(C)CC(=O)c1ccc(OCCCCCC)cc1. The number of hydrogen-bond acceptors (Lipinski definition) is 2. The highest BCUT2D eigenvalue weighted by Crippen LogP contribution is 2.15.